The lowest BCUT2D eigenvalue weighted by Crippen LogP contribution is -2.21. The molecule has 4 N–H and O–H groups in total. The molecule has 3 aromatic rings. The summed E-state index contributed by atoms with van der Waals surface area (Å²) in [6, 6.07) is 3.50. The fraction of sp³-hybridized carbons (Fsp3) is 0. The topological polar surface area (TPSA) is 113 Å². The average molecular weight is 278 g/mol. The second-order valence-electron chi connectivity index (χ2n) is 3.46. The molecule has 10 heteroatoms. The van der Waals surface area contributed by atoms with E-state index >= 15 is 0 Å². The summed E-state index contributed by atoms with van der Waals surface area (Å²) in [5.74, 6) is 0. The van der Waals surface area contributed by atoms with E-state index < -0.39 is 0 Å². The first-order chi connectivity index (χ1) is 8.56. The second-order valence-corrected chi connectivity index (χ2v) is 4.29. The Morgan fingerprint density at radius 1 is 0.833 bits per heavy atom. The maximum absolute atomic E-state index is 5.46. The zero-order valence-corrected chi connectivity index (χ0v) is 10.4. The van der Waals surface area contributed by atoms with Crippen LogP contribution < -0.4 is 11.5 Å². The molecule has 0 saturated heterocycles. The molecular formula is C8H6N8S2. The van der Waals surface area contributed by atoms with Crippen LogP contribution >= 0.6 is 24.4 Å². The molecule has 0 bridgehead atoms. The zero-order valence-electron chi connectivity index (χ0n) is 8.81. The molecule has 0 aliphatic heterocycles. The van der Waals surface area contributed by atoms with Gasteiger partial charge in [0, 0.05) is 0 Å². The highest BCUT2D eigenvalue weighted by atomic mass is 32.1. The zero-order chi connectivity index (χ0) is 12.9. The van der Waals surface area contributed by atoms with E-state index in [1.54, 1.807) is 12.1 Å². The third-order valence-corrected chi connectivity index (χ3v) is 2.62. The first kappa shape index (κ1) is 10.9. The molecule has 90 valence electrons. The van der Waals surface area contributed by atoms with Crippen LogP contribution in [-0.2, 0) is 0 Å². The van der Waals surface area contributed by atoms with Crippen molar-refractivity contribution in [3.8, 4) is 0 Å². The number of nitrogens with zero attached hydrogens (tertiary/aromatic N) is 6. The minimum Gasteiger partial charge on any atom is -0.373 e. The van der Waals surface area contributed by atoms with Gasteiger partial charge < -0.3 is 11.5 Å². The summed E-state index contributed by atoms with van der Waals surface area (Å²) in [5, 5.41) is 16.6. The monoisotopic (exact) mass is 278 g/mol. The summed E-state index contributed by atoms with van der Waals surface area (Å²) in [6.07, 6.45) is 0. The van der Waals surface area contributed by atoms with Crippen LogP contribution in [0, 0.1) is 0 Å². The molecule has 0 aliphatic rings. The Morgan fingerprint density at radius 2 is 1.22 bits per heavy atom. The van der Waals surface area contributed by atoms with Crippen LogP contribution in [0.1, 0.15) is 0 Å². The molecule has 2 aromatic heterocycles. The molecule has 0 radical (unpaired) electrons. The van der Waals surface area contributed by atoms with Crippen molar-refractivity contribution in [2.24, 2.45) is 11.5 Å². The van der Waals surface area contributed by atoms with Crippen molar-refractivity contribution in [3.63, 3.8) is 0 Å². The molecule has 18 heavy (non-hydrogen) atoms. The Hall–Kier alpha value is -2.20. The number of hydrogen-bond donors (Lipinski definition) is 2. The van der Waals surface area contributed by atoms with Gasteiger partial charge in [-0.25, -0.2) is 0 Å². The molecule has 2 heterocycles. The molecule has 0 aliphatic carbocycles. The third kappa shape index (κ3) is 1.50. The van der Waals surface area contributed by atoms with Gasteiger partial charge in [0.1, 0.15) is 22.1 Å². The highest BCUT2D eigenvalue weighted by molar-refractivity contribution is 7.80. The molecule has 3 rings (SSSR count). The molecule has 0 unspecified atom stereocenters. The largest absolute Gasteiger partial charge is 0.373 e. The van der Waals surface area contributed by atoms with Gasteiger partial charge in [-0.15, -0.1) is 30.0 Å². The minimum absolute atomic E-state index is 0.0566. The van der Waals surface area contributed by atoms with E-state index in [-0.39, 0.29) is 10.2 Å². The maximum atomic E-state index is 5.46. The lowest BCUT2D eigenvalue weighted by atomic mass is 10.3. The van der Waals surface area contributed by atoms with Crippen LogP contribution in [0.4, 0.5) is 0 Å². The molecule has 0 amide bonds. The fourth-order valence-electron chi connectivity index (χ4n) is 1.55. The molecule has 8 nitrogen and oxygen atoms in total. The summed E-state index contributed by atoms with van der Waals surface area (Å²) in [6.45, 7) is 0. The smallest absolute Gasteiger partial charge is 0.211 e. The third-order valence-electron chi connectivity index (χ3n) is 2.30. The summed E-state index contributed by atoms with van der Waals surface area (Å²) in [7, 11) is 0. The van der Waals surface area contributed by atoms with Gasteiger partial charge in [0.15, 0.2) is 0 Å². The average Bonchev–Trinajstić information content (AvgIpc) is 2.91. The van der Waals surface area contributed by atoms with Gasteiger partial charge in [-0.1, -0.05) is 0 Å². The second kappa shape index (κ2) is 3.65. The first-order valence-electron chi connectivity index (χ1n) is 4.79. The van der Waals surface area contributed by atoms with Gasteiger partial charge in [0.2, 0.25) is 10.2 Å². The number of thiocarbonyl (C=S) groups is 2. The fourth-order valence-corrected chi connectivity index (χ4v) is 1.72. The summed E-state index contributed by atoms with van der Waals surface area (Å²) in [5.41, 5.74) is 13.2. The number of benzene rings is 1. The van der Waals surface area contributed by atoms with Crippen LogP contribution in [0.3, 0.4) is 0 Å². The van der Waals surface area contributed by atoms with Crippen molar-refractivity contribution in [2.45, 2.75) is 0 Å². The number of rotatable bonds is 0. The van der Waals surface area contributed by atoms with Crippen molar-refractivity contribution >= 4 is 56.7 Å². The maximum Gasteiger partial charge on any atom is 0.211 e. The van der Waals surface area contributed by atoms with Crippen LogP contribution in [0.25, 0.3) is 22.1 Å². The minimum atomic E-state index is 0.0566. The highest BCUT2D eigenvalue weighted by Crippen LogP contribution is 2.18. The highest BCUT2D eigenvalue weighted by Gasteiger charge is 2.13. The van der Waals surface area contributed by atoms with Gasteiger partial charge in [0.05, 0.1) is 0 Å². The summed E-state index contributed by atoms with van der Waals surface area (Å²) in [4.78, 5) is 2.33. The van der Waals surface area contributed by atoms with E-state index in [0.29, 0.717) is 22.1 Å². The van der Waals surface area contributed by atoms with E-state index in [1.807, 2.05) is 0 Å². The van der Waals surface area contributed by atoms with E-state index in [0.717, 1.165) is 0 Å². The predicted molar refractivity (Wildman–Crippen MR) is 73.0 cm³/mol. The lowest BCUT2D eigenvalue weighted by molar-refractivity contribution is 0.812. The van der Waals surface area contributed by atoms with Gasteiger partial charge in [0.25, 0.3) is 0 Å². The Kier molecular flexibility index (Phi) is 2.21. The SMILES string of the molecule is NC(=S)n1nc2ccc3nn(C(N)=S)nc3c2n1. The molecule has 0 fully saturated rings. The standard InChI is InChI=1S/C8H6N8S2/c9-7(17)15-11-3-1-2-4-6(5(3)13-15)14-16(12-4)8(10)18/h1-2H,(H2,9,17)(H2,10,18). The first-order valence-corrected chi connectivity index (χ1v) is 5.60. The Morgan fingerprint density at radius 3 is 1.56 bits per heavy atom. The van der Waals surface area contributed by atoms with Gasteiger partial charge in [-0.3, -0.25) is 0 Å². The van der Waals surface area contributed by atoms with Gasteiger partial charge in [-0.05, 0) is 36.6 Å². The van der Waals surface area contributed by atoms with E-state index in [4.69, 9.17) is 35.9 Å². The van der Waals surface area contributed by atoms with Gasteiger partial charge >= 0.3 is 0 Å². The van der Waals surface area contributed by atoms with Gasteiger partial charge in [-0.2, -0.15) is 0 Å². The van der Waals surface area contributed by atoms with Crippen LogP contribution in [-0.4, -0.2) is 40.2 Å². The summed E-state index contributed by atoms with van der Waals surface area (Å²) < 4.78 is 0. The van der Waals surface area contributed by atoms with E-state index in [9.17, 15) is 0 Å². The molecule has 1 aromatic carbocycles. The van der Waals surface area contributed by atoms with Crippen LogP contribution in [0.5, 0.6) is 0 Å². The normalized spacial score (nSPS) is 11.1. The quantitative estimate of drug-likeness (QED) is 0.522. The van der Waals surface area contributed by atoms with Crippen molar-refractivity contribution in [3.05, 3.63) is 12.1 Å². The lowest BCUT2D eigenvalue weighted by Gasteiger charge is -1.90. The van der Waals surface area contributed by atoms with E-state index in [2.05, 4.69) is 20.4 Å². The Balaban J connectivity index is 2.37. The molecule has 0 atom stereocenters. The summed E-state index contributed by atoms with van der Waals surface area (Å²) >= 11 is 9.61. The number of nitrogens with two attached hydrogens (primary N) is 2. The number of aromatic nitrogens is 6. The van der Waals surface area contributed by atoms with Crippen LogP contribution in [0.15, 0.2) is 12.1 Å². The van der Waals surface area contributed by atoms with Crippen molar-refractivity contribution in [1.29, 1.82) is 0 Å². The Labute approximate surface area is 111 Å². The molecule has 0 saturated carbocycles. The molecule has 0 spiro atoms. The van der Waals surface area contributed by atoms with Crippen molar-refractivity contribution in [2.75, 3.05) is 0 Å². The van der Waals surface area contributed by atoms with E-state index in [1.165, 1.54) is 9.59 Å². The molecular weight excluding hydrogens is 272 g/mol. The van der Waals surface area contributed by atoms with Crippen molar-refractivity contribution < 1.29 is 0 Å². The Bertz CT molecular complexity index is 732. The predicted octanol–water partition coefficient (Wildman–Crippen LogP) is -0.641. The van der Waals surface area contributed by atoms with Crippen molar-refractivity contribution in [1.82, 2.24) is 30.0 Å². The number of hydrogen-bond acceptors (Lipinski definition) is 6. The number of fused-ring (bicyclic) bond motifs is 3. The van der Waals surface area contributed by atoms with Crippen LogP contribution in [0.2, 0.25) is 0 Å².